The molecule has 0 amide bonds. The SMILES string of the molecule is Cc1ccc(C2=Cc3c(cc4c(c3-c3ccc(Cl)cc3)CCC4)C2)o1.[Zr]. The molecule has 0 bridgehead atoms. The number of fused-ring (bicyclic) bond motifs is 2. The average Bonchev–Trinajstić information content (AvgIpc) is 3.32. The molecule has 3 heteroatoms. The summed E-state index contributed by atoms with van der Waals surface area (Å²) in [6.45, 7) is 2.00. The molecule has 1 heterocycles. The second-order valence-corrected chi connectivity index (χ2v) is 7.52. The van der Waals surface area contributed by atoms with Crippen LogP contribution in [0, 0.1) is 6.92 Å². The van der Waals surface area contributed by atoms with Crippen molar-refractivity contribution in [3.8, 4) is 11.1 Å². The maximum Gasteiger partial charge on any atom is 0.130 e. The van der Waals surface area contributed by atoms with Crippen LogP contribution < -0.4 is 0 Å². The van der Waals surface area contributed by atoms with E-state index >= 15 is 0 Å². The number of benzene rings is 2. The van der Waals surface area contributed by atoms with Crippen LogP contribution in [0.3, 0.4) is 0 Å². The topological polar surface area (TPSA) is 13.1 Å². The first-order valence-electron chi connectivity index (χ1n) is 8.90. The molecule has 2 aliphatic carbocycles. The van der Waals surface area contributed by atoms with E-state index in [1.165, 1.54) is 58.2 Å². The fourth-order valence-corrected chi connectivity index (χ4v) is 4.40. The van der Waals surface area contributed by atoms with E-state index in [9.17, 15) is 0 Å². The second kappa shape index (κ2) is 6.98. The number of hydrogen-bond acceptors (Lipinski definition) is 1. The van der Waals surface area contributed by atoms with Gasteiger partial charge in [-0.15, -0.1) is 0 Å². The Morgan fingerprint density at radius 2 is 1.77 bits per heavy atom. The van der Waals surface area contributed by atoms with Gasteiger partial charge in [0, 0.05) is 37.6 Å². The summed E-state index contributed by atoms with van der Waals surface area (Å²) in [4.78, 5) is 0. The number of furan rings is 1. The summed E-state index contributed by atoms with van der Waals surface area (Å²) in [5, 5.41) is 0.787. The molecule has 0 unspecified atom stereocenters. The van der Waals surface area contributed by atoms with Crippen molar-refractivity contribution in [2.45, 2.75) is 32.6 Å². The molecular weight excluding hydrogens is 419 g/mol. The standard InChI is InChI=1S/C23H19ClO.Zr/c1-14-5-10-22(25-14)18-12-17-11-16-3-2-4-20(16)23(21(17)13-18)15-6-8-19(24)9-7-15;/h5-11,13H,2-4,12H2,1H3;. The van der Waals surface area contributed by atoms with Crippen LogP contribution in [0.2, 0.25) is 5.02 Å². The molecule has 0 N–H and O–H groups in total. The van der Waals surface area contributed by atoms with Gasteiger partial charge in [0.2, 0.25) is 0 Å². The van der Waals surface area contributed by atoms with E-state index in [4.69, 9.17) is 16.0 Å². The quantitative estimate of drug-likeness (QED) is 0.446. The second-order valence-electron chi connectivity index (χ2n) is 7.08. The molecule has 0 aliphatic heterocycles. The van der Waals surface area contributed by atoms with E-state index in [1.807, 2.05) is 25.1 Å². The van der Waals surface area contributed by atoms with Crippen molar-refractivity contribution >= 4 is 23.3 Å². The first-order chi connectivity index (χ1) is 12.2. The first kappa shape index (κ1) is 18.0. The molecule has 0 spiro atoms. The molecule has 0 fully saturated rings. The van der Waals surface area contributed by atoms with Crippen LogP contribution >= 0.6 is 11.6 Å². The third kappa shape index (κ3) is 2.98. The maximum absolute atomic E-state index is 6.11. The molecule has 0 radical (unpaired) electrons. The summed E-state index contributed by atoms with van der Waals surface area (Å²) in [5.74, 6) is 1.96. The number of aryl methyl sites for hydroxylation is 2. The van der Waals surface area contributed by atoms with E-state index < -0.39 is 0 Å². The molecule has 26 heavy (non-hydrogen) atoms. The van der Waals surface area contributed by atoms with Crippen molar-refractivity contribution in [1.82, 2.24) is 0 Å². The van der Waals surface area contributed by atoms with Gasteiger partial charge in [0.05, 0.1) is 0 Å². The molecule has 0 saturated heterocycles. The number of allylic oxidation sites excluding steroid dienone is 1. The normalized spacial score (nSPS) is 14.6. The molecule has 3 aromatic rings. The zero-order valence-electron chi connectivity index (χ0n) is 14.7. The van der Waals surface area contributed by atoms with Gasteiger partial charge in [-0.1, -0.05) is 29.8 Å². The van der Waals surface area contributed by atoms with Crippen molar-refractivity contribution < 1.29 is 30.6 Å². The van der Waals surface area contributed by atoms with Crippen molar-refractivity contribution in [1.29, 1.82) is 0 Å². The molecule has 2 aromatic carbocycles. The molecule has 0 atom stereocenters. The van der Waals surface area contributed by atoms with Crippen LogP contribution in [-0.4, -0.2) is 0 Å². The minimum Gasteiger partial charge on any atom is -0.462 e. The molecule has 5 rings (SSSR count). The van der Waals surface area contributed by atoms with Gasteiger partial charge in [-0.3, -0.25) is 0 Å². The van der Waals surface area contributed by atoms with Gasteiger partial charge in [0.1, 0.15) is 11.5 Å². The van der Waals surface area contributed by atoms with Crippen LogP contribution in [0.1, 0.15) is 40.2 Å². The zero-order chi connectivity index (χ0) is 17.0. The Hall–Kier alpha value is -1.37. The number of halogens is 1. The number of rotatable bonds is 2. The van der Waals surface area contributed by atoms with Gasteiger partial charge in [-0.2, -0.15) is 0 Å². The Labute approximate surface area is 178 Å². The molecule has 1 nitrogen and oxygen atoms in total. The first-order valence-corrected chi connectivity index (χ1v) is 9.28. The van der Waals surface area contributed by atoms with Gasteiger partial charge >= 0.3 is 0 Å². The van der Waals surface area contributed by atoms with Crippen molar-refractivity contribution in [2.24, 2.45) is 0 Å². The minimum absolute atomic E-state index is 0. The summed E-state index contributed by atoms with van der Waals surface area (Å²) in [5.41, 5.74) is 9.79. The van der Waals surface area contributed by atoms with Gasteiger partial charge < -0.3 is 4.42 Å². The van der Waals surface area contributed by atoms with Gasteiger partial charge in [0.15, 0.2) is 0 Å². The Morgan fingerprint density at radius 3 is 2.50 bits per heavy atom. The van der Waals surface area contributed by atoms with E-state index in [0.717, 1.165) is 23.0 Å². The molecular formula is C23H19ClOZr. The predicted molar refractivity (Wildman–Crippen MR) is 104 cm³/mol. The largest absolute Gasteiger partial charge is 0.462 e. The molecule has 1 aromatic heterocycles. The van der Waals surface area contributed by atoms with E-state index in [0.29, 0.717) is 0 Å². The molecule has 2 aliphatic rings. The van der Waals surface area contributed by atoms with Crippen LogP contribution in [0.25, 0.3) is 22.8 Å². The van der Waals surface area contributed by atoms with E-state index in [2.05, 4.69) is 30.3 Å². The van der Waals surface area contributed by atoms with E-state index in [1.54, 1.807) is 0 Å². The summed E-state index contributed by atoms with van der Waals surface area (Å²) in [6.07, 6.45) is 6.90. The van der Waals surface area contributed by atoms with Gasteiger partial charge in [-0.25, -0.2) is 0 Å². The predicted octanol–water partition coefficient (Wildman–Crippen LogP) is 6.49. The van der Waals surface area contributed by atoms with Gasteiger partial charge in [0.25, 0.3) is 0 Å². The third-order valence-electron chi connectivity index (χ3n) is 5.42. The number of hydrogen-bond donors (Lipinski definition) is 0. The fraction of sp³-hybridized carbons (Fsp3) is 0.217. The minimum atomic E-state index is 0. The van der Waals surface area contributed by atoms with Gasteiger partial charge in [-0.05, 0) is 95.5 Å². The van der Waals surface area contributed by atoms with Crippen LogP contribution in [-0.2, 0) is 45.5 Å². The van der Waals surface area contributed by atoms with Crippen LogP contribution in [0.15, 0.2) is 46.9 Å². The van der Waals surface area contributed by atoms with Crippen molar-refractivity contribution in [3.05, 3.63) is 81.3 Å². The van der Waals surface area contributed by atoms with E-state index in [-0.39, 0.29) is 26.2 Å². The Morgan fingerprint density at radius 1 is 0.962 bits per heavy atom. The smallest absolute Gasteiger partial charge is 0.130 e. The Kier molecular flexibility index (Phi) is 4.84. The maximum atomic E-state index is 6.11. The summed E-state index contributed by atoms with van der Waals surface area (Å²) >= 11 is 6.11. The van der Waals surface area contributed by atoms with Crippen molar-refractivity contribution in [3.63, 3.8) is 0 Å². The monoisotopic (exact) mass is 436 g/mol. The summed E-state index contributed by atoms with van der Waals surface area (Å²) < 4.78 is 5.88. The summed E-state index contributed by atoms with van der Waals surface area (Å²) in [6, 6.07) is 14.8. The third-order valence-corrected chi connectivity index (χ3v) is 5.67. The average molecular weight is 438 g/mol. The Balaban J connectivity index is 0.00000168. The molecule has 128 valence electrons. The Bertz CT molecular complexity index is 1010. The van der Waals surface area contributed by atoms with Crippen LogP contribution in [0.4, 0.5) is 0 Å². The zero-order valence-corrected chi connectivity index (χ0v) is 17.9. The molecule has 0 saturated carbocycles. The van der Waals surface area contributed by atoms with Crippen LogP contribution in [0.5, 0.6) is 0 Å². The summed E-state index contributed by atoms with van der Waals surface area (Å²) in [7, 11) is 0. The fourth-order valence-electron chi connectivity index (χ4n) is 4.28. The van der Waals surface area contributed by atoms with Crippen molar-refractivity contribution in [2.75, 3.05) is 0 Å².